The number of hydrogen-bond donors (Lipinski definition) is 0. The molecule has 12 rings (SSSR count). The zero-order chi connectivity index (χ0) is 44.5. The van der Waals surface area contributed by atoms with Crippen LogP contribution >= 0.6 is 0 Å². The fraction of sp³-hybridized carbons (Fsp3) is 0. The van der Waals surface area contributed by atoms with E-state index in [0.29, 0.717) is 23.3 Å². The molecule has 314 valence electrons. The van der Waals surface area contributed by atoms with Crippen LogP contribution in [0.2, 0.25) is 0 Å². The zero-order valence-corrected chi connectivity index (χ0v) is 36.0. The topological polar surface area (TPSA) is 95.2 Å². The maximum atomic E-state index is 5.15. The van der Waals surface area contributed by atoms with Gasteiger partial charge in [0.05, 0.1) is 33.8 Å². The second-order valence-corrected chi connectivity index (χ2v) is 16.2. The van der Waals surface area contributed by atoms with Gasteiger partial charge in [-0.2, -0.15) is 0 Å². The average Bonchev–Trinajstić information content (AvgIpc) is 3.77. The molecule has 0 aliphatic heterocycles. The van der Waals surface area contributed by atoms with Crippen molar-refractivity contribution in [1.82, 2.24) is 39.5 Å². The second-order valence-electron chi connectivity index (χ2n) is 16.2. The van der Waals surface area contributed by atoms with Gasteiger partial charge in [-0.25, -0.2) is 24.9 Å². The Morgan fingerprint density at radius 3 is 1.15 bits per heavy atom. The third-order valence-corrected chi connectivity index (χ3v) is 12.0. The normalized spacial score (nSPS) is 11.3. The molecule has 0 aliphatic carbocycles. The molecular weight excluding hydrogens is 821 g/mol. The number of pyridine rings is 2. The van der Waals surface area contributed by atoms with Gasteiger partial charge in [0.25, 0.3) is 0 Å². The van der Waals surface area contributed by atoms with Crippen LogP contribution in [-0.4, -0.2) is 39.5 Å². The van der Waals surface area contributed by atoms with Crippen LogP contribution < -0.4 is 0 Å². The maximum absolute atomic E-state index is 5.15. The summed E-state index contributed by atoms with van der Waals surface area (Å²) in [6.45, 7) is 0. The summed E-state index contributed by atoms with van der Waals surface area (Å²) in [4.78, 5) is 35.4. The van der Waals surface area contributed by atoms with Crippen molar-refractivity contribution in [2.45, 2.75) is 0 Å². The molecule has 0 aliphatic rings. The summed E-state index contributed by atoms with van der Waals surface area (Å²) in [6, 6.07) is 74.0. The van der Waals surface area contributed by atoms with E-state index >= 15 is 0 Å². The summed E-state index contributed by atoms with van der Waals surface area (Å²) in [5.41, 5.74) is 14.0. The third-order valence-electron chi connectivity index (χ3n) is 12.0. The highest BCUT2D eigenvalue weighted by atomic mass is 15.0. The molecule has 7 aromatic carbocycles. The molecular formula is C59H38N8. The lowest BCUT2D eigenvalue weighted by atomic mass is 9.99. The molecule has 67 heavy (non-hydrogen) atoms. The van der Waals surface area contributed by atoms with Crippen LogP contribution in [0.25, 0.3) is 118 Å². The van der Waals surface area contributed by atoms with Gasteiger partial charge < -0.3 is 4.57 Å². The first-order valence-electron chi connectivity index (χ1n) is 22.1. The van der Waals surface area contributed by atoms with Gasteiger partial charge in [0, 0.05) is 73.4 Å². The van der Waals surface area contributed by atoms with Crippen LogP contribution in [0, 0.1) is 0 Å². The summed E-state index contributed by atoms with van der Waals surface area (Å²) in [6.07, 6.45) is 3.79. The van der Waals surface area contributed by atoms with Gasteiger partial charge in [-0.15, -0.1) is 0 Å². The first-order valence-corrected chi connectivity index (χ1v) is 22.1. The molecule has 0 saturated carbocycles. The van der Waals surface area contributed by atoms with Gasteiger partial charge in [-0.05, 0) is 36.4 Å². The number of nitrogens with zero attached hydrogens (tertiary/aromatic N) is 8. The molecule has 0 atom stereocenters. The maximum Gasteiger partial charge on any atom is 0.164 e. The highest BCUT2D eigenvalue weighted by Gasteiger charge is 2.22. The van der Waals surface area contributed by atoms with E-state index in [-0.39, 0.29) is 0 Å². The second kappa shape index (κ2) is 17.0. The molecule has 0 unspecified atom stereocenters. The van der Waals surface area contributed by atoms with E-state index in [0.717, 1.165) is 94.8 Å². The Balaban J connectivity index is 1.02. The van der Waals surface area contributed by atoms with Crippen molar-refractivity contribution in [3.63, 3.8) is 0 Å². The lowest BCUT2D eigenvalue weighted by Gasteiger charge is -2.11. The van der Waals surface area contributed by atoms with Crippen LogP contribution in [0.15, 0.2) is 231 Å². The Morgan fingerprint density at radius 2 is 0.642 bits per heavy atom. The van der Waals surface area contributed by atoms with Crippen molar-refractivity contribution in [3.8, 4) is 96.3 Å². The smallest absolute Gasteiger partial charge is 0.164 e. The number of rotatable bonds is 9. The van der Waals surface area contributed by atoms with Crippen molar-refractivity contribution in [1.29, 1.82) is 0 Å². The van der Waals surface area contributed by atoms with E-state index in [1.807, 2.05) is 140 Å². The fourth-order valence-electron chi connectivity index (χ4n) is 8.80. The van der Waals surface area contributed by atoms with Crippen molar-refractivity contribution < 1.29 is 0 Å². The molecule has 12 aromatic rings. The van der Waals surface area contributed by atoms with E-state index in [1.165, 1.54) is 0 Å². The third kappa shape index (κ3) is 7.48. The Morgan fingerprint density at radius 1 is 0.269 bits per heavy atom. The summed E-state index contributed by atoms with van der Waals surface area (Å²) in [5, 5.41) is 1.99. The van der Waals surface area contributed by atoms with Crippen molar-refractivity contribution in [3.05, 3.63) is 231 Å². The van der Waals surface area contributed by atoms with E-state index < -0.39 is 0 Å². The van der Waals surface area contributed by atoms with Crippen LogP contribution in [0.3, 0.4) is 0 Å². The number of hydrogen-bond acceptors (Lipinski definition) is 7. The Bertz CT molecular complexity index is 3600. The Labute approximate surface area is 386 Å². The number of fused-ring (bicyclic) bond motifs is 3. The molecule has 0 N–H and O–H groups in total. The first kappa shape index (κ1) is 39.3. The van der Waals surface area contributed by atoms with E-state index in [1.54, 1.807) is 0 Å². The molecule has 5 heterocycles. The first-order chi connectivity index (χ1) is 33.2. The Kier molecular flexibility index (Phi) is 9.99. The van der Waals surface area contributed by atoms with Gasteiger partial charge >= 0.3 is 0 Å². The Hall–Kier alpha value is -9.27. The van der Waals surface area contributed by atoms with Crippen molar-refractivity contribution in [2.24, 2.45) is 0 Å². The fourth-order valence-corrected chi connectivity index (χ4v) is 8.80. The summed E-state index contributed by atoms with van der Waals surface area (Å²) >= 11 is 0. The molecule has 0 spiro atoms. The number of para-hydroxylation sites is 1. The SMILES string of the molecule is c1ccc(-c2cc(-c3ccc(-c4nccc5c4c4c(-c6cccc(-c7nc(-c8ccccc8)nc(-c8ccccc8)n7)c6)nccc4n5-c4ccccc4)cc3)nc(-c3ccccc3)n2)cc1. The van der Waals surface area contributed by atoms with E-state index in [2.05, 4.69) is 95.6 Å². The predicted octanol–water partition coefficient (Wildman–Crippen LogP) is 13.9. The largest absolute Gasteiger partial charge is 0.309 e. The number of benzene rings is 7. The molecule has 0 bridgehead atoms. The van der Waals surface area contributed by atoms with Crippen LogP contribution in [0.1, 0.15) is 0 Å². The minimum atomic E-state index is 0.575. The standard InChI is InChI=1S/C59H38N8/c1-6-17-39(18-7-1)48-38-49(63-56(62-48)42-19-8-2-9-20-42)40-29-31-41(32-30-40)54-52-50(33-35-60-54)67(47-27-14-5-15-28-47)51-34-36-61-55(53(51)52)45-25-16-26-46(37-45)59-65-57(43-21-10-3-11-22-43)64-58(66-59)44-23-12-4-13-24-44/h1-38H. The molecule has 8 heteroatoms. The molecule has 8 nitrogen and oxygen atoms in total. The van der Waals surface area contributed by atoms with Gasteiger partial charge in [0.2, 0.25) is 0 Å². The van der Waals surface area contributed by atoms with Crippen LogP contribution in [-0.2, 0) is 0 Å². The monoisotopic (exact) mass is 858 g/mol. The van der Waals surface area contributed by atoms with Crippen molar-refractivity contribution >= 4 is 21.8 Å². The summed E-state index contributed by atoms with van der Waals surface area (Å²) < 4.78 is 2.31. The van der Waals surface area contributed by atoms with Crippen molar-refractivity contribution in [2.75, 3.05) is 0 Å². The van der Waals surface area contributed by atoms with Gasteiger partial charge in [0.1, 0.15) is 0 Å². The van der Waals surface area contributed by atoms with Gasteiger partial charge in [-0.1, -0.05) is 182 Å². The lowest BCUT2D eigenvalue weighted by molar-refractivity contribution is 1.07. The zero-order valence-electron chi connectivity index (χ0n) is 36.0. The minimum absolute atomic E-state index is 0.575. The minimum Gasteiger partial charge on any atom is -0.309 e. The molecule has 5 aromatic heterocycles. The highest BCUT2D eigenvalue weighted by molar-refractivity contribution is 6.19. The van der Waals surface area contributed by atoms with Gasteiger partial charge in [-0.3, -0.25) is 9.97 Å². The van der Waals surface area contributed by atoms with E-state index in [9.17, 15) is 0 Å². The summed E-state index contributed by atoms with van der Waals surface area (Å²) in [5.74, 6) is 2.46. The molecule has 0 saturated heterocycles. The number of aromatic nitrogens is 8. The quantitative estimate of drug-likeness (QED) is 0.143. The molecule has 0 fully saturated rings. The van der Waals surface area contributed by atoms with E-state index in [4.69, 9.17) is 34.9 Å². The highest BCUT2D eigenvalue weighted by Crippen LogP contribution is 2.42. The predicted molar refractivity (Wildman–Crippen MR) is 269 cm³/mol. The summed E-state index contributed by atoms with van der Waals surface area (Å²) in [7, 11) is 0. The molecule has 0 radical (unpaired) electrons. The molecule has 0 amide bonds. The van der Waals surface area contributed by atoms with Crippen LogP contribution in [0.5, 0.6) is 0 Å². The van der Waals surface area contributed by atoms with Crippen LogP contribution in [0.4, 0.5) is 0 Å². The average molecular weight is 859 g/mol. The van der Waals surface area contributed by atoms with Gasteiger partial charge in [0.15, 0.2) is 23.3 Å². The lowest BCUT2D eigenvalue weighted by Crippen LogP contribution is -2.00.